The Labute approximate surface area is 127 Å². The minimum Gasteiger partial charge on any atom is -0.478 e. The molecule has 0 spiro atoms. The maximum atomic E-state index is 11.0. The lowest BCUT2D eigenvalue weighted by molar-refractivity contribution is 0.0697. The Hall–Kier alpha value is -2.58. The van der Waals surface area contributed by atoms with E-state index in [9.17, 15) is 13.2 Å². The normalized spacial score (nSPS) is 11.0. The summed E-state index contributed by atoms with van der Waals surface area (Å²) in [4.78, 5) is 10.6. The number of hydrogen-bond donors (Lipinski definition) is 3. The van der Waals surface area contributed by atoms with Crippen molar-refractivity contribution in [3.05, 3.63) is 54.1 Å². The second-order valence-corrected chi connectivity index (χ2v) is 5.94. The van der Waals surface area contributed by atoms with E-state index in [4.69, 9.17) is 9.66 Å². The van der Waals surface area contributed by atoms with Crippen molar-refractivity contribution >= 4 is 27.5 Å². The molecule has 22 heavy (non-hydrogen) atoms. The van der Waals surface area contributed by atoms with Gasteiger partial charge in [-0.2, -0.15) is 8.42 Å². The first kappa shape index (κ1) is 15.8. The van der Waals surface area contributed by atoms with Gasteiger partial charge in [0.2, 0.25) is 0 Å². The van der Waals surface area contributed by atoms with Crippen molar-refractivity contribution < 1.29 is 22.9 Å². The van der Waals surface area contributed by atoms with Gasteiger partial charge < -0.3 is 5.11 Å². The third-order valence-electron chi connectivity index (χ3n) is 2.95. The monoisotopic (exact) mass is 322 g/mol. The van der Waals surface area contributed by atoms with E-state index in [1.54, 1.807) is 24.2 Å². The SMILES string of the molecule is CN(Nc1ccc(S(=O)(=O)O)cc1)c1ccc(C(=O)O)cc1. The van der Waals surface area contributed by atoms with E-state index in [0.717, 1.165) is 5.69 Å². The number of hydrazine groups is 1. The summed E-state index contributed by atoms with van der Waals surface area (Å²) in [5.74, 6) is -0.997. The zero-order valence-electron chi connectivity index (χ0n) is 11.6. The number of carboxylic acid groups (broad SMARTS) is 1. The number of carbonyl (C=O) groups is 1. The Balaban J connectivity index is 2.11. The van der Waals surface area contributed by atoms with Gasteiger partial charge in [0.05, 0.1) is 21.8 Å². The molecule has 0 saturated carbocycles. The second-order valence-electron chi connectivity index (χ2n) is 4.52. The molecule has 0 aliphatic carbocycles. The van der Waals surface area contributed by atoms with E-state index >= 15 is 0 Å². The molecule has 0 heterocycles. The number of hydrogen-bond acceptors (Lipinski definition) is 5. The number of nitrogens with zero attached hydrogens (tertiary/aromatic N) is 1. The predicted molar refractivity (Wildman–Crippen MR) is 81.7 cm³/mol. The zero-order valence-corrected chi connectivity index (χ0v) is 12.4. The molecule has 0 atom stereocenters. The molecule has 0 amide bonds. The van der Waals surface area contributed by atoms with Crippen LogP contribution in [-0.4, -0.2) is 31.1 Å². The third kappa shape index (κ3) is 3.74. The van der Waals surface area contributed by atoms with E-state index < -0.39 is 16.1 Å². The summed E-state index contributed by atoms with van der Waals surface area (Å²) in [5, 5.41) is 10.5. The first-order valence-electron chi connectivity index (χ1n) is 6.18. The molecule has 0 aliphatic heterocycles. The molecule has 0 fully saturated rings. The van der Waals surface area contributed by atoms with Gasteiger partial charge in [0, 0.05) is 7.05 Å². The van der Waals surface area contributed by atoms with Crippen LogP contribution in [0.3, 0.4) is 0 Å². The van der Waals surface area contributed by atoms with Crippen LogP contribution in [0.2, 0.25) is 0 Å². The summed E-state index contributed by atoms with van der Waals surface area (Å²) >= 11 is 0. The summed E-state index contributed by atoms with van der Waals surface area (Å²) in [6, 6.07) is 11.8. The Morgan fingerprint density at radius 1 is 1.05 bits per heavy atom. The maximum Gasteiger partial charge on any atom is 0.335 e. The highest BCUT2D eigenvalue weighted by molar-refractivity contribution is 7.85. The summed E-state index contributed by atoms with van der Waals surface area (Å²) in [6.45, 7) is 0. The Morgan fingerprint density at radius 3 is 2.05 bits per heavy atom. The minimum atomic E-state index is -4.21. The molecule has 0 radical (unpaired) electrons. The molecule has 0 unspecified atom stereocenters. The highest BCUT2D eigenvalue weighted by atomic mass is 32.2. The van der Waals surface area contributed by atoms with Crippen LogP contribution in [0, 0.1) is 0 Å². The van der Waals surface area contributed by atoms with Crippen molar-refractivity contribution in [2.24, 2.45) is 0 Å². The fourth-order valence-corrected chi connectivity index (χ4v) is 2.27. The van der Waals surface area contributed by atoms with E-state index in [0.29, 0.717) is 5.69 Å². The minimum absolute atomic E-state index is 0.188. The predicted octanol–water partition coefficient (Wildman–Crippen LogP) is 2.09. The van der Waals surface area contributed by atoms with E-state index in [2.05, 4.69) is 5.43 Å². The van der Waals surface area contributed by atoms with Crippen LogP contribution in [0.4, 0.5) is 11.4 Å². The average Bonchev–Trinajstić information content (AvgIpc) is 2.47. The number of rotatable bonds is 5. The molecule has 116 valence electrons. The summed E-state index contributed by atoms with van der Waals surface area (Å²) in [5.41, 5.74) is 4.52. The molecular formula is C14H14N2O5S. The number of benzene rings is 2. The first-order valence-corrected chi connectivity index (χ1v) is 7.62. The van der Waals surface area contributed by atoms with Crippen molar-refractivity contribution in [3.8, 4) is 0 Å². The van der Waals surface area contributed by atoms with Crippen LogP contribution < -0.4 is 10.4 Å². The van der Waals surface area contributed by atoms with Crippen molar-refractivity contribution in [1.82, 2.24) is 0 Å². The number of anilines is 2. The van der Waals surface area contributed by atoms with E-state index in [-0.39, 0.29) is 10.5 Å². The first-order chi connectivity index (χ1) is 10.3. The molecule has 2 rings (SSSR count). The van der Waals surface area contributed by atoms with Crippen LogP contribution in [-0.2, 0) is 10.1 Å². The van der Waals surface area contributed by atoms with Gasteiger partial charge in [-0.3, -0.25) is 15.0 Å². The van der Waals surface area contributed by atoms with Gasteiger partial charge in [0.15, 0.2) is 0 Å². The lowest BCUT2D eigenvalue weighted by Crippen LogP contribution is -2.24. The topological polar surface area (TPSA) is 107 Å². The van der Waals surface area contributed by atoms with Gasteiger partial charge in [-0.1, -0.05) is 0 Å². The highest BCUT2D eigenvalue weighted by Gasteiger charge is 2.09. The smallest absolute Gasteiger partial charge is 0.335 e. The summed E-state index contributed by atoms with van der Waals surface area (Å²) in [7, 11) is -2.48. The number of carboxylic acids is 1. The van der Waals surface area contributed by atoms with Crippen LogP contribution in [0.5, 0.6) is 0 Å². The Morgan fingerprint density at radius 2 is 1.59 bits per heavy atom. The maximum absolute atomic E-state index is 11.0. The molecule has 0 aliphatic rings. The van der Waals surface area contributed by atoms with Crippen LogP contribution in [0.25, 0.3) is 0 Å². The highest BCUT2D eigenvalue weighted by Crippen LogP contribution is 2.18. The van der Waals surface area contributed by atoms with Crippen LogP contribution >= 0.6 is 0 Å². The molecule has 0 saturated heterocycles. The largest absolute Gasteiger partial charge is 0.478 e. The van der Waals surface area contributed by atoms with Gasteiger partial charge >= 0.3 is 5.97 Å². The second kappa shape index (κ2) is 6.04. The van der Waals surface area contributed by atoms with Gasteiger partial charge in [0.1, 0.15) is 0 Å². The van der Waals surface area contributed by atoms with Crippen molar-refractivity contribution in [2.75, 3.05) is 17.5 Å². The molecular weight excluding hydrogens is 308 g/mol. The Kier molecular flexibility index (Phi) is 4.34. The van der Waals surface area contributed by atoms with Crippen LogP contribution in [0.1, 0.15) is 10.4 Å². The zero-order chi connectivity index (χ0) is 16.3. The molecule has 2 aromatic carbocycles. The summed E-state index contributed by atoms with van der Waals surface area (Å²) < 4.78 is 30.8. The molecule has 0 bridgehead atoms. The third-order valence-corrected chi connectivity index (χ3v) is 3.82. The lowest BCUT2D eigenvalue weighted by atomic mass is 10.2. The fraction of sp³-hybridized carbons (Fsp3) is 0.0714. The van der Waals surface area contributed by atoms with Gasteiger partial charge in [-0.25, -0.2) is 4.79 Å². The van der Waals surface area contributed by atoms with Gasteiger partial charge in [0.25, 0.3) is 10.1 Å². The van der Waals surface area contributed by atoms with Gasteiger partial charge in [-0.05, 0) is 48.5 Å². The fourth-order valence-electron chi connectivity index (χ4n) is 1.79. The van der Waals surface area contributed by atoms with Crippen molar-refractivity contribution in [2.45, 2.75) is 4.90 Å². The quantitative estimate of drug-likeness (QED) is 0.571. The summed E-state index contributed by atoms with van der Waals surface area (Å²) in [6.07, 6.45) is 0. The number of nitrogens with one attached hydrogen (secondary N) is 1. The van der Waals surface area contributed by atoms with E-state index in [1.165, 1.54) is 36.4 Å². The molecule has 7 nitrogen and oxygen atoms in total. The van der Waals surface area contributed by atoms with Crippen molar-refractivity contribution in [3.63, 3.8) is 0 Å². The molecule has 8 heteroatoms. The average molecular weight is 322 g/mol. The number of aromatic carboxylic acids is 1. The molecule has 2 aromatic rings. The molecule has 3 N–H and O–H groups in total. The van der Waals surface area contributed by atoms with E-state index in [1.807, 2.05) is 0 Å². The standard InChI is InChI=1S/C14H14N2O5S/c1-16(12-6-2-10(3-7-12)14(17)18)15-11-4-8-13(9-5-11)22(19,20)21/h2-9,15H,1H3,(H,17,18)(H,19,20,21). The van der Waals surface area contributed by atoms with Crippen LogP contribution in [0.15, 0.2) is 53.4 Å². The Bertz CT molecular complexity index is 770. The van der Waals surface area contributed by atoms with Gasteiger partial charge in [-0.15, -0.1) is 0 Å². The lowest BCUT2D eigenvalue weighted by Gasteiger charge is -2.21. The van der Waals surface area contributed by atoms with Crippen molar-refractivity contribution in [1.29, 1.82) is 0 Å². The molecule has 0 aromatic heterocycles.